The van der Waals surface area contributed by atoms with E-state index in [9.17, 15) is 0 Å². The highest BCUT2D eigenvalue weighted by Crippen LogP contribution is 1.99. The van der Waals surface area contributed by atoms with E-state index in [0.717, 1.165) is 0 Å². The summed E-state index contributed by atoms with van der Waals surface area (Å²) in [6, 6.07) is 1.56. The van der Waals surface area contributed by atoms with Gasteiger partial charge in [0.15, 0.2) is 5.82 Å². The SMILES string of the molecule is N=Nc1ccncn1. The topological polar surface area (TPSA) is 62.0 Å². The molecule has 0 unspecified atom stereocenters. The molecule has 0 fully saturated rings. The van der Waals surface area contributed by atoms with Crippen LogP contribution in [0.1, 0.15) is 0 Å². The smallest absolute Gasteiger partial charge is 0.176 e. The second-order valence-electron chi connectivity index (χ2n) is 1.18. The summed E-state index contributed by atoms with van der Waals surface area (Å²) >= 11 is 0. The highest BCUT2D eigenvalue weighted by Gasteiger charge is 1.81. The maximum atomic E-state index is 6.48. The van der Waals surface area contributed by atoms with Crippen molar-refractivity contribution in [3.8, 4) is 0 Å². The Balaban J connectivity index is 2.99. The molecule has 0 radical (unpaired) electrons. The second kappa shape index (κ2) is 2.11. The molecule has 0 aliphatic rings. The van der Waals surface area contributed by atoms with Crippen molar-refractivity contribution in [2.45, 2.75) is 0 Å². The summed E-state index contributed by atoms with van der Waals surface area (Å²) < 4.78 is 0. The molecule has 4 nitrogen and oxygen atoms in total. The van der Waals surface area contributed by atoms with Crippen molar-refractivity contribution in [1.82, 2.24) is 9.97 Å². The van der Waals surface area contributed by atoms with E-state index in [1.807, 2.05) is 0 Å². The minimum Gasteiger partial charge on any atom is -0.245 e. The molecule has 8 heavy (non-hydrogen) atoms. The first-order valence-electron chi connectivity index (χ1n) is 2.07. The monoisotopic (exact) mass is 108 g/mol. The quantitative estimate of drug-likeness (QED) is 0.548. The van der Waals surface area contributed by atoms with E-state index in [4.69, 9.17) is 5.53 Å². The van der Waals surface area contributed by atoms with Crippen LogP contribution in [0.2, 0.25) is 0 Å². The van der Waals surface area contributed by atoms with Crippen molar-refractivity contribution in [3.05, 3.63) is 18.6 Å². The molecule has 0 saturated heterocycles. The number of rotatable bonds is 1. The number of hydrogen-bond acceptors (Lipinski definition) is 4. The van der Waals surface area contributed by atoms with Crippen LogP contribution in [0, 0.1) is 5.53 Å². The zero-order chi connectivity index (χ0) is 5.82. The molecule has 0 aliphatic heterocycles. The molecule has 4 heteroatoms. The predicted molar refractivity (Wildman–Crippen MR) is 26.8 cm³/mol. The Morgan fingerprint density at radius 2 is 2.50 bits per heavy atom. The Morgan fingerprint density at radius 3 is 2.88 bits per heavy atom. The van der Waals surface area contributed by atoms with Crippen molar-refractivity contribution in [3.63, 3.8) is 0 Å². The number of nitrogens with zero attached hydrogens (tertiary/aromatic N) is 3. The summed E-state index contributed by atoms with van der Waals surface area (Å²) in [5.74, 6) is 0.389. The Bertz CT molecular complexity index is 171. The molecule has 0 aromatic carbocycles. The summed E-state index contributed by atoms with van der Waals surface area (Å²) in [6.07, 6.45) is 2.90. The third kappa shape index (κ3) is 0.841. The van der Waals surface area contributed by atoms with E-state index < -0.39 is 0 Å². The van der Waals surface area contributed by atoms with Crippen LogP contribution in [0.4, 0.5) is 5.82 Å². The van der Waals surface area contributed by atoms with E-state index in [1.54, 1.807) is 12.3 Å². The first kappa shape index (κ1) is 4.83. The standard InChI is InChI=1S/C4H4N4/c5-8-4-1-2-6-3-7-4/h1-3,5H. The molecule has 0 spiro atoms. The van der Waals surface area contributed by atoms with Gasteiger partial charge in [-0.1, -0.05) is 0 Å². The fraction of sp³-hybridized carbons (Fsp3) is 0. The van der Waals surface area contributed by atoms with Gasteiger partial charge in [-0.15, -0.1) is 5.11 Å². The average Bonchev–Trinajstić information content (AvgIpc) is 1.90. The van der Waals surface area contributed by atoms with Gasteiger partial charge in [0, 0.05) is 12.3 Å². The average molecular weight is 108 g/mol. The van der Waals surface area contributed by atoms with E-state index in [0.29, 0.717) is 5.82 Å². The molecule has 0 aliphatic carbocycles. The molecule has 40 valence electrons. The van der Waals surface area contributed by atoms with Gasteiger partial charge in [0.05, 0.1) is 0 Å². The van der Waals surface area contributed by atoms with Gasteiger partial charge in [0.2, 0.25) is 0 Å². The van der Waals surface area contributed by atoms with E-state index in [-0.39, 0.29) is 0 Å². The first-order chi connectivity index (χ1) is 3.93. The van der Waals surface area contributed by atoms with Gasteiger partial charge < -0.3 is 0 Å². The highest BCUT2D eigenvalue weighted by molar-refractivity contribution is 5.20. The molecular weight excluding hydrogens is 104 g/mol. The molecule has 1 aromatic rings. The normalized spacial score (nSPS) is 8.50. The van der Waals surface area contributed by atoms with Gasteiger partial charge in [0.25, 0.3) is 0 Å². The largest absolute Gasteiger partial charge is 0.245 e. The number of nitrogens with one attached hydrogen (secondary N) is 1. The predicted octanol–water partition coefficient (Wildman–Crippen LogP) is 1.14. The molecule has 0 atom stereocenters. The highest BCUT2D eigenvalue weighted by atomic mass is 15.0. The van der Waals surface area contributed by atoms with E-state index in [2.05, 4.69) is 15.1 Å². The van der Waals surface area contributed by atoms with Crippen LogP contribution >= 0.6 is 0 Å². The molecule has 1 rings (SSSR count). The number of hydrogen-bond donors (Lipinski definition) is 1. The lowest BCUT2D eigenvalue weighted by Crippen LogP contribution is -1.71. The Labute approximate surface area is 46.1 Å². The van der Waals surface area contributed by atoms with Crippen LogP contribution in [-0.2, 0) is 0 Å². The van der Waals surface area contributed by atoms with Crippen molar-refractivity contribution in [2.24, 2.45) is 5.11 Å². The third-order valence-corrected chi connectivity index (χ3v) is 0.681. The molecule has 1 aromatic heterocycles. The van der Waals surface area contributed by atoms with Crippen LogP contribution < -0.4 is 0 Å². The first-order valence-corrected chi connectivity index (χ1v) is 2.07. The fourth-order valence-electron chi connectivity index (χ4n) is 0.350. The lowest BCUT2D eigenvalue weighted by molar-refractivity contribution is 1.06. The van der Waals surface area contributed by atoms with Gasteiger partial charge >= 0.3 is 0 Å². The summed E-state index contributed by atoms with van der Waals surface area (Å²) in [5, 5.41) is 3.07. The van der Waals surface area contributed by atoms with Crippen LogP contribution in [0.25, 0.3) is 0 Å². The van der Waals surface area contributed by atoms with Gasteiger partial charge in [-0.25, -0.2) is 15.5 Å². The second-order valence-corrected chi connectivity index (χ2v) is 1.18. The minimum atomic E-state index is 0.389. The minimum absolute atomic E-state index is 0.389. The molecule has 1 N–H and O–H groups in total. The van der Waals surface area contributed by atoms with Gasteiger partial charge in [-0.05, 0) is 0 Å². The maximum absolute atomic E-state index is 6.48. The van der Waals surface area contributed by atoms with Crippen LogP contribution in [0.5, 0.6) is 0 Å². The zero-order valence-corrected chi connectivity index (χ0v) is 4.07. The summed E-state index contributed by atoms with van der Waals surface area (Å²) in [7, 11) is 0. The molecule has 0 amide bonds. The van der Waals surface area contributed by atoms with Crippen LogP contribution in [0.3, 0.4) is 0 Å². The summed E-state index contributed by atoms with van der Waals surface area (Å²) in [4.78, 5) is 7.27. The van der Waals surface area contributed by atoms with Crippen molar-refractivity contribution in [1.29, 1.82) is 5.53 Å². The van der Waals surface area contributed by atoms with E-state index in [1.165, 1.54) is 6.33 Å². The molecule has 1 heterocycles. The third-order valence-electron chi connectivity index (χ3n) is 0.681. The summed E-state index contributed by atoms with van der Waals surface area (Å²) in [6.45, 7) is 0. The number of aromatic nitrogens is 2. The van der Waals surface area contributed by atoms with Crippen LogP contribution in [-0.4, -0.2) is 9.97 Å². The zero-order valence-electron chi connectivity index (χ0n) is 4.07. The lowest BCUT2D eigenvalue weighted by Gasteiger charge is -1.81. The lowest BCUT2D eigenvalue weighted by atomic mass is 10.6. The van der Waals surface area contributed by atoms with Crippen molar-refractivity contribution in [2.75, 3.05) is 0 Å². The fourth-order valence-corrected chi connectivity index (χ4v) is 0.350. The molecule has 0 saturated carbocycles. The van der Waals surface area contributed by atoms with E-state index >= 15 is 0 Å². The summed E-state index contributed by atoms with van der Waals surface area (Å²) in [5.41, 5.74) is 6.48. The van der Waals surface area contributed by atoms with Gasteiger partial charge in [0.1, 0.15) is 6.33 Å². The van der Waals surface area contributed by atoms with Gasteiger partial charge in [-0.2, -0.15) is 0 Å². The molecular formula is C4H4N4. The van der Waals surface area contributed by atoms with Gasteiger partial charge in [-0.3, -0.25) is 0 Å². The Hall–Kier alpha value is -1.32. The Morgan fingerprint density at radius 1 is 1.62 bits per heavy atom. The maximum Gasteiger partial charge on any atom is 0.176 e. The van der Waals surface area contributed by atoms with Crippen molar-refractivity contribution >= 4 is 5.82 Å². The molecule has 0 bridgehead atoms. The van der Waals surface area contributed by atoms with Crippen LogP contribution in [0.15, 0.2) is 23.7 Å². The van der Waals surface area contributed by atoms with Crippen molar-refractivity contribution < 1.29 is 0 Å². The Kier molecular flexibility index (Phi) is 1.27.